The van der Waals surface area contributed by atoms with Gasteiger partial charge in [0.1, 0.15) is 0 Å². The van der Waals surface area contributed by atoms with Gasteiger partial charge in [-0.25, -0.2) is 0 Å². The molecule has 92 valence electrons. The number of carbonyl (C=O) groups is 2. The van der Waals surface area contributed by atoms with Gasteiger partial charge >= 0.3 is 5.97 Å². The monoisotopic (exact) mass is 235 g/mol. The summed E-state index contributed by atoms with van der Waals surface area (Å²) in [4.78, 5) is 26.9. The number of hydroxylamine groups is 1. The fraction of sp³-hybridized carbons (Fsp3) is 0.385. The predicted molar refractivity (Wildman–Crippen MR) is 64.5 cm³/mol. The van der Waals surface area contributed by atoms with Crippen molar-refractivity contribution in [2.75, 3.05) is 0 Å². The first-order valence-electron chi connectivity index (χ1n) is 5.53. The van der Waals surface area contributed by atoms with Crippen molar-refractivity contribution in [2.45, 2.75) is 34.1 Å². The lowest BCUT2D eigenvalue weighted by Gasteiger charge is -2.11. The topological polar surface area (TPSA) is 55.4 Å². The SMILES string of the molecule is CCc1cc(C)c(C(=O)NOC(C)=O)c(C)c1. The zero-order chi connectivity index (χ0) is 13.0. The molecule has 0 aliphatic heterocycles. The van der Waals surface area contributed by atoms with Crippen LogP contribution in [-0.4, -0.2) is 11.9 Å². The first-order valence-corrected chi connectivity index (χ1v) is 5.53. The Bertz CT molecular complexity index is 429. The molecule has 0 fully saturated rings. The van der Waals surface area contributed by atoms with E-state index in [4.69, 9.17) is 0 Å². The molecular weight excluding hydrogens is 218 g/mol. The molecule has 0 unspecified atom stereocenters. The number of nitrogens with one attached hydrogen (secondary N) is 1. The lowest BCUT2D eigenvalue weighted by molar-refractivity contribution is -0.146. The Labute approximate surface area is 101 Å². The Hall–Kier alpha value is -1.84. The highest BCUT2D eigenvalue weighted by molar-refractivity contribution is 5.97. The maximum Gasteiger partial charge on any atom is 0.329 e. The van der Waals surface area contributed by atoms with Gasteiger partial charge in [0.05, 0.1) is 0 Å². The number of benzene rings is 1. The molecule has 0 saturated heterocycles. The van der Waals surface area contributed by atoms with E-state index < -0.39 is 11.9 Å². The van der Waals surface area contributed by atoms with Crippen LogP contribution >= 0.6 is 0 Å². The van der Waals surface area contributed by atoms with Gasteiger partial charge in [-0.15, -0.1) is 0 Å². The van der Waals surface area contributed by atoms with E-state index in [1.165, 1.54) is 12.5 Å². The zero-order valence-electron chi connectivity index (χ0n) is 10.6. The van der Waals surface area contributed by atoms with Crippen LogP contribution in [0.5, 0.6) is 0 Å². The summed E-state index contributed by atoms with van der Waals surface area (Å²) in [5.41, 5.74) is 5.63. The van der Waals surface area contributed by atoms with Gasteiger partial charge in [-0.1, -0.05) is 19.1 Å². The van der Waals surface area contributed by atoms with Gasteiger partial charge in [0, 0.05) is 12.5 Å². The van der Waals surface area contributed by atoms with Gasteiger partial charge in [0.2, 0.25) is 0 Å². The largest absolute Gasteiger partial charge is 0.341 e. The molecule has 0 atom stereocenters. The third-order valence-corrected chi connectivity index (χ3v) is 2.52. The molecule has 0 aromatic heterocycles. The molecule has 0 spiro atoms. The fourth-order valence-corrected chi connectivity index (χ4v) is 1.78. The Morgan fingerprint density at radius 1 is 1.24 bits per heavy atom. The van der Waals surface area contributed by atoms with E-state index in [0.717, 1.165) is 17.5 Å². The third kappa shape index (κ3) is 3.31. The molecule has 1 aromatic carbocycles. The van der Waals surface area contributed by atoms with E-state index in [1.54, 1.807) is 0 Å². The molecule has 1 N–H and O–H groups in total. The standard InChI is InChI=1S/C13H17NO3/c1-5-11-6-8(2)12(9(3)7-11)13(16)14-17-10(4)15/h6-7H,5H2,1-4H3,(H,14,16). The second kappa shape index (κ2) is 5.48. The minimum Gasteiger partial charge on any atom is -0.341 e. The van der Waals surface area contributed by atoms with E-state index in [2.05, 4.69) is 17.2 Å². The lowest BCUT2D eigenvalue weighted by Crippen LogP contribution is -2.27. The van der Waals surface area contributed by atoms with Crippen LogP contribution in [0, 0.1) is 13.8 Å². The molecule has 0 heterocycles. The highest BCUT2D eigenvalue weighted by Gasteiger charge is 2.13. The van der Waals surface area contributed by atoms with Gasteiger partial charge in [-0.2, -0.15) is 5.48 Å². The van der Waals surface area contributed by atoms with Crippen LogP contribution < -0.4 is 5.48 Å². The van der Waals surface area contributed by atoms with Gasteiger partial charge in [-0.3, -0.25) is 9.59 Å². The van der Waals surface area contributed by atoms with Crippen molar-refractivity contribution in [2.24, 2.45) is 0 Å². The van der Waals surface area contributed by atoms with Crippen molar-refractivity contribution in [1.29, 1.82) is 0 Å². The summed E-state index contributed by atoms with van der Waals surface area (Å²) in [5, 5.41) is 0. The second-order valence-electron chi connectivity index (χ2n) is 3.98. The number of rotatable bonds is 2. The Morgan fingerprint density at radius 3 is 2.18 bits per heavy atom. The first kappa shape index (κ1) is 13.2. The molecule has 0 bridgehead atoms. The van der Waals surface area contributed by atoms with Crippen LogP contribution in [0.1, 0.15) is 40.9 Å². The van der Waals surface area contributed by atoms with Gasteiger partial charge < -0.3 is 4.84 Å². The number of hydrogen-bond acceptors (Lipinski definition) is 3. The van der Waals surface area contributed by atoms with Crippen molar-refractivity contribution in [3.05, 3.63) is 34.4 Å². The Balaban J connectivity index is 2.97. The molecule has 0 radical (unpaired) electrons. The second-order valence-corrected chi connectivity index (χ2v) is 3.98. The van der Waals surface area contributed by atoms with E-state index >= 15 is 0 Å². The van der Waals surface area contributed by atoms with Crippen LogP contribution in [0.4, 0.5) is 0 Å². The molecule has 4 heteroatoms. The molecule has 1 rings (SSSR count). The minimum atomic E-state index is -0.543. The summed E-state index contributed by atoms with van der Waals surface area (Å²) >= 11 is 0. The number of aryl methyl sites for hydroxylation is 3. The van der Waals surface area contributed by atoms with Crippen molar-refractivity contribution in [1.82, 2.24) is 5.48 Å². The molecule has 0 aliphatic carbocycles. The van der Waals surface area contributed by atoms with Crippen molar-refractivity contribution in [3.63, 3.8) is 0 Å². The first-order chi connectivity index (χ1) is 7.95. The summed E-state index contributed by atoms with van der Waals surface area (Å²) in [6.45, 7) is 7.04. The maximum atomic E-state index is 11.8. The number of hydrogen-bond donors (Lipinski definition) is 1. The predicted octanol–water partition coefficient (Wildman–Crippen LogP) is 2.07. The minimum absolute atomic E-state index is 0.391. The molecule has 0 saturated carbocycles. The molecule has 4 nitrogen and oxygen atoms in total. The molecular formula is C13H17NO3. The average Bonchev–Trinajstić information content (AvgIpc) is 2.25. The smallest absolute Gasteiger partial charge is 0.329 e. The summed E-state index contributed by atoms with van der Waals surface area (Å²) < 4.78 is 0. The van der Waals surface area contributed by atoms with Gasteiger partial charge in [0.25, 0.3) is 5.91 Å². The average molecular weight is 235 g/mol. The van der Waals surface area contributed by atoms with Gasteiger partial charge in [0.15, 0.2) is 0 Å². The van der Waals surface area contributed by atoms with Crippen LogP contribution in [0.15, 0.2) is 12.1 Å². The van der Waals surface area contributed by atoms with Crippen molar-refractivity contribution < 1.29 is 14.4 Å². The fourth-order valence-electron chi connectivity index (χ4n) is 1.78. The Morgan fingerprint density at radius 2 is 1.76 bits per heavy atom. The Kier molecular flexibility index (Phi) is 4.26. The van der Waals surface area contributed by atoms with E-state index in [1.807, 2.05) is 26.0 Å². The molecule has 1 aromatic rings. The molecule has 0 aliphatic rings. The lowest BCUT2D eigenvalue weighted by atomic mass is 9.98. The van der Waals surface area contributed by atoms with Crippen LogP contribution in [0.25, 0.3) is 0 Å². The number of amides is 1. The van der Waals surface area contributed by atoms with Crippen LogP contribution in [0.2, 0.25) is 0 Å². The maximum absolute atomic E-state index is 11.8. The third-order valence-electron chi connectivity index (χ3n) is 2.52. The number of carbonyl (C=O) groups excluding carboxylic acids is 2. The highest BCUT2D eigenvalue weighted by Crippen LogP contribution is 2.17. The zero-order valence-corrected chi connectivity index (χ0v) is 10.6. The van der Waals surface area contributed by atoms with E-state index in [-0.39, 0.29) is 0 Å². The van der Waals surface area contributed by atoms with Gasteiger partial charge in [-0.05, 0) is 37.0 Å². The van der Waals surface area contributed by atoms with Crippen molar-refractivity contribution >= 4 is 11.9 Å². The quantitative estimate of drug-likeness (QED) is 0.798. The van der Waals surface area contributed by atoms with E-state index in [0.29, 0.717) is 5.56 Å². The summed E-state index contributed by atoms with van der Waals surface area (Å²) in [7, 11) is 0. The van der Waals surface area contributed by atoms with E-state index in [9.17, 15) is 9.59 Å². The van der Waals surface area contributed by atoms with Crippen molar-refractivity contribution in [3.8, 4) is 0 Å². The molecule has 17 heavy (non-hydrogen) atoms. The molecule has 1 amide bonds. The normalized spacial score (nSPS) is 9.88. The summed E-state index contributed by atoms with van der Waals surface area (Å²) in [6.07, 6.45) is 0.924. The summed E-state index contributed by atoms with van der Waals surface area (Å²) in [6, 6.07) is 3.94. The van der Waals surface area contributed by atoms with Crippen LogP contribution in [0.3, 0.4) is 0 Å². The summed E-state index contributed by atoms with van der Waals surface area (Å²) in [5.74, 6) is -0.934. The van der Waals surface area contributed by atoms with Crippen LogP contribution in [-0.2, 0) is 16.1 Å². The highest BCUT2D eigenvalue weighted by atomic mass is 16.7.